The fraction of sp³-hybridized carbons (Fsp3) is 0.567. The second-order valence-electron chi connectivity index (χ2n) is 11.0. The lowest BCUT2D eigenvalue weighted by Crippen LogP contribution is -2.49. The van der Waals surface area contributed by atoms with E-state index in [0.717, 1.165) is 17.7 Å². The smallest absolute Gasteiger partial charge is 0.225 e. The van der Waals surface area contributed by atoms with Gasteiger partial charge in [-0.1, -0.05) is 18.2 Å². The second kappa shape index (κ2) is 12.7. The molecule has 1 aliphatic carbocycles. The molecule has 1 amide bonds. The van der Waals surface area contributed by atoms with E-state index in [4.69, 9.17) is 15.2 Å². The van der Waals surface area contributed by atoms with Crippen molar-refractivity contribution in [1.82, 2.24) is 4.90 Å². The van der Waals surface area contributed by atoms with Crippen molar-refractivity contribution in [3.8, 4) is 11.5 Å². The predicted molar refractivity (Wildman–Crippen MR) is 143 cm³/mol. The quantitative estimate of drug-likeness (QED) is 0.382. The Labute approximate surface area is 228 Å². The van der Waals surface area contributed by atoms with Crippen molar-refractivity contribution in [2.75, 3.05) is 26.8 Å². The van der Waals surface area contributed by atoms with Crippen LogP contribution in [0.1, 0.15) is 56.1 Å². The van der Waals surface area contributed by atoms with Gasteiger partial charge in [-0.25, -0.2) is 8.78 Å². The van der Waals surface area contributed by atoms with E-state index in [1.165, 1.54) is 0 Å². The third kappa shape index (κ3) is 6.60. The number of para-hydroxylation sites is 1. The molecule has 0 aromatic heterocycles. The number of likely N-dealkylation sites (tertiary alicyclic amines) is 1. The molecule has 4 rings (SSSR count). The first-order chi connectivity index (χ1) is 18.6. The standard InChI is InChI=1S/C30H40F2N2O5/c1-19-8-3-4-10-27(19)39-28-23(16-22(31)17-24(28)32)30(37,11-5-6-13-38-2)21-9-7-12-34(18-21)29(36)20-14-25(33)26(35)15-20/h3-4,8,10,16-17,20-21,25-26,35,37H,5-7,9,11-15,18,33H2,1-2H3. The Morgan fingerprint density at radius 2 is 1.97 bits per heavy atom. The number of halogens is 2. The molecule has 2 aromatic rings. The van der Waals surface area contributed by atoms with Gasteiger partial charge in [0, 0.05) is 56.3 Å². The first kappa shape index (κ1) is 29.4. The zero-order valence-electron chi connectivity index (χ0n) is 22.7. The SMILES string of the molecule is COCCCCC(O)(c1cc(F)cc(F)c1Oc1ccccc1C)C1CCCN(C(=O)C2CC(N)C(O)C2)C1. The maximum absolute atomic E-state index is 15.4. The zero-order valence-corrected chi connectivity index (χ0v) is 22.7. The van der Waals surface area contributed by atoms with Crippen molar-refractivity contribution in [3.63, 3.8) is 0 Å². The van der Waals surface area contributed by atoms with Gasteiger partial charge in [0.1, 0.15) is 11.6 Å². The van der Waals surface area contributed by atoms with Crippen LogP contribution in [0, 0.1) is 30.4 Å². The minimum Gasteiger partial charge on any atom is -0.454 e. The summed E-state index contributed by atoms with van der Waals surface area (Å²) in [5.74, 6) is -2.49. The van der Waals surface area contributed by atoms with Gasteiger partial charge in [-0.15, -0.1) is 0 Å². The van der Waals surface area contributed by atoms with E-state index in [1.807, 2.05) is 19.1 Å². The molecule has 1 aliphatic heterocycles. The van der Waals surface area contributed by atoms with Crippen molar-refractivity contribution >= 4 is 5.91 Å². The van der Waals surface area contributed by atoms with Gasteiger partial charge in [0.25, 0.3) is 0 Å². The van der Waals surface area contributed by atoms with Gasteiger partial charge >= 0.3 is 0 Å². The molecular weight excluding hydrogens is 506 g/mol. The maximum Gasteiger partial charge on any atom is 0.225 e. The normalized spacial score (nSPS) is 24.9. The molecule has 214 valence electrons. The number of rotatable bonds is 10. The van der Waals surface area contributed by atoms with Crippen LogP contribution in [0.2, 0.25) is 0 Å². The van der Waals surface area contributed by atoms with Crippen molar-refractivity contribution in [1.29, 1.82) is 0 Å². The summed E-state index contributed by atoms with van der Waals surface area (Å²) in [5, 5.41) is 22.5. The molecule has 1 saturated carbocycles. The van der Waals surface area contributed by atoms with Gasteiger partial charge in [-0.05, 0) is 69.6 Å². The number of hydrogen-bond acceptors (Lipinski definition) is 6. The van der Waals surface area contributed by atoms with Gasteiger partial charge in [-0.3, -0.25) is 4.79 Å². The maximum atomic E-state index is 15.4. The third-order valence-electron chi connectivity index (χ3n) is 8.27. The summed E-state index contributed by atoms with van der Waals surface area (Å²) in [7, 11) is 1.60. The third-order valence-corrected chi connectivity index (χ3v) is 8.27. The number of aliphatic hydroxyl groups excluding tert-OH is 1. The average Bonchev–Trinajstić information content (AvgIpc) is 3.26. The number of unbranched alkanes of at least 4 members (excludes halogenated alkanes) is 1. The molecule has 2 aliphatic rings. The van der Waals surface area contributed by atoms with Crippen molar-refractivity contribution in [2.24, 2.45) is 17.6 Å². The largest absolute Gasteiger partial charge is 0.454 e. The highest BCUT2D eigenvalue weighted by Crippen LogP contribution is 2.46. The molecule has 0 bridgehead atoms. The highest BCUT2D eigenvalue weighted by Gasteiger charge is 2.45. The van der Waals surface area contributed by atoms with Crippen LogP contribution in [0.25, 0.3) is 0 Å². The number of nitrogens with zero attached hydrogens (tertiary/aromatic N) is 1. The summed E-state index contributed by atoms with van der Waals surface area (Å²) in [5.41, 5.74) is 5.09. The summed E-state index contributed by atoms with van der Waals surface area (Å²) < 4.78 is 41.3. The molecule has 5 atom stereocenters. The van der Waals surface area contributed by atoms with Crippen LogP contribution in [-0.4, -0.2) is 60.0 Å². The molecule has 2 aromatic carbocycles. The van der Waals surface area contributed by atoms with Gasteiger partial charge in [0.2, 0.25) is 5.91 Å². The Morgan fingerprint density at radius 1 is 1.21 bits per heavy atom. The first-order valence-corrected chi connectivity index (χ1v) is 13.8. The van der Waals surface area contributed by atoms with E-state index in [2.05, 4.69) is 0 Å². The number of hydrogen-bond donors (Lipinski definition) is 3. The van der Waals surface area contributed by atoms with Crippen LogP contribution < -0.4 is 10.5 Å². The van der Waals surface area contributed by atoms with Crippen molar-refractivity contribution in [3.05, 3.63) is 59.2 Å². The van der Waals surface area contributed by atoms with Crippen LogP contribution in [0.5, 0.6) is 11.5 Å². The van der Waals surface area contributed by atoms with E-state index in [9.17, 15) is 19.4 Å². The van der Waals surface area contributed by atoms with Gasteiger partial charge in [0.15, 0.2) is 11.6 Å². The molecule has 2 fully saturated rings. The molecule has 5 unspecified atom stereocenters. The lowest BCUT2D eigenvalue weighted by Gasteiger charge is -2.44. The number of methoxy groups -OCH3 is 1. The van der Waals surface area contributed by atoms with E-state index < -0.39 is 35.3 Å². The number of benzene rings is 2. The Balaban J connectivity index is 1.69. The lowest BCUT2D eigenvalue weighted by molar-refractivity contribution is -0.141. The topological polar surface area (TPSA) is 105 Å². The highest BCUT2D eigenvalue weighted by molar-refractivity contribution is 5.79. The van der Waals surface area contributed by atoms with E-state index in [1.54, 1.807) is 24.1 Å². The summed E-state index contributed by atoms with van der Waals surface area (Å²) in [4.78, 5) is 15.1. The molecule has 4 N–H and O–H groups in total. The molecular formula is C30H40F2N2O5. The monoisotopic (exact) mass is 546 g/mol. The van der Waals surface area contributed by atoms with Crippen LogP contribution >= 0.6 is 0 Å². The molecule has 7 nitrogen and oxygen atoms in total. The summed E-state index contributed by atoms with van der Waals surface area (Å²) >= 11 is 0. The predicted octanol–water partition coefficient (Wildman–Crippen LogP) is 4.41. The fourth-order valence-electron chi connectivity index (χ4n) is 6.04. The molecule has 0 spiro atoms. The highest BCUT2D eigenvalue weighted by atomic mass is 19.1. The number of aryl methyl sites for hydroxylation is 1. The summed E-state index contributed by atoms with van der Waals surface area (Å²) in [6.45, 7) is 3.05. The number of piperidine rings is 1. The van der Waals surface area contributed by atoms with Crippen LogP contribution in [0.3, 0.4) is 0 Å². The van der Waals surface area contributed by atoms with Crippen LogP contribution in [-0.2, 0) is 15.1 Å². The zero-order chi connectivity index (χ0) is 28.2. The minimum atomic E-state index is -1.67. The summed E-state index contributed by atoms with van der Waals surface area (Å²) in [6.07, 6.45) is 2.61. The van der Waals surface area contributed by atoms with Crippen molar-refractivity contribution in [2.45, 2.75) is 69.6 Å². The van der Waals surface area contributed by atoms with E-state index in [0.29, 0.717) is 57.4 Å². The minimum absolute atomic E-state index is 0.0401. The molecule has 0 radical (unpaired) electrons. The number of carbonyl (C=O) groups excluding carboxylic acids is 1. The number of nitrogens with two attached hydrogens (primary N) is 1. The summed E-state index contributed by atoms with van der Waals surface area (Å²) in [6, 6.07) is 8.59. The van der Waals surface area contributed by atoms with Crippen molar-refractivity contribution < 1.29 is 33.3 Å². The first-order valence-electron chi connectivity index (χ1n) is 13.8. The number of aliphatic hydroxyl groups is 2. The molecule has 39 heavy (non-hydrogen) atoms. The fourth-order valence-corrected chi connectivity index (χ4v) is 6.04. The number of carbonyl (C=O) groups is 1. The lowest BCUT2D eigenvalue weighted by atomic mass is 9.73. The Morgan fingerprint density at radius 3 is 2.67 bits per heavy atom. The van der Waals surface area contributed by atoms with Crippen LogP contribution in [0.15, 0.2) is 36.4 Å². The van der Waals surface area contributed by atoms with Gasteiger partial charge in [0.05, 0.1) is 11.7 Å². The average molecular weight is 547 g/mol. The van der Waals surface area contributed by atoms with Gasteiger partial charge in [-0.2, -0.15) is 0 Å². The number of amides is 1. The Bertz CT molecular complexity index is 1140. The molecule has 9 heteroatoms. The van der Waals surface area contributed by atoms with Gasteiger partial charge < -0.3 is 30.3 Å². The second-order valence-corrected chi connectivity index (χ2v) is 11.0. The Hall–Kier alpha value is -2.59. The van der Waals surface area contributed by atoms with Crippen LogP contribution in [0.4, 0.5) is 8.78 Å². The van der Waals surface area contributed by atoms with E-state index in [-0.39, 0.29) is 36.1 Å². The Kier molecular flexibility index (Phi) is 9.59. The molecule has 1 saturated heterocycles. The van der Waals surface area contributed by atoms with E-state index >= 15 is 4.39 Å². The molecule has 1 heterocycles. The number of ether oxygens (including phenoxy) is 2.